The van der Waals surface area contributed by atoms with Crippen LogP contribution in [0.4, 0.5) is 9.80 Å². The first-order valence-electron chi connectivity index (χ1n) is 7.19. The molecule has 0 aliphatic heterocycles. The Labute approximate surface area is 133 Å². The number of amides is 1. The molecule has 0 atom stereocenters. The molecule has 1 saturated carbocycles. The van der Waals surface area contributed by atoms with Gasteiger partial charge in [-0.2, -0.15) is 0 Å². The summed E-state index contributed by atoms with van der Waals surface area (Å²) in [7, 11) is 0. The average molecular weight is 327 g/mol. The topological polar surface area (TPSA) is 93.5 Å². The van der Waals surface area contributed by atoms with Gasteiger partial charge in [0.25, 0.3) is 0 Å². The van der Waals surface area contributed by atoms with E-state index in [9.17, 15) is 14.9 Å². The molecular weight excluding hydrogens is 306 g/mol. The number of carbonyl (C=O) groups excluding carboxylic acids is 1. The van der Waals surface area contributed by atoms with Crippen LogP contribution in [-0.2, 0) is 11.3 Å². The summed E-state index contributed by atoms with van der Waals surface area (Å²) in [5, 5.41) is 16.9. The maximum Gasteiger partial charge on any atom is 0.407 e. The van der Waals surface area contributed by atoms with Gasteiger partial charge in [0.1, 0.15) is 5.60 Å². The zero-order chi connectivity index (χ0) is 16.3. The van der Waals surface area contributed by atoms with Crippen LogP contribution in [0.25, 0.3) is 0 Å². The van der Waals surface area contributed by atoms with Gasteiger partial charge in [-0.3, -0.25) is 10.1 Å². The third kappa shape index (κ3) is 4.96. The van der Waals surface area contributed by atoms with E-state index in [-0.39, 0.29) is 22.1 Å². The molecule has 1 aromatic heterocycles. The Bertz CT molecular complexity index is 547. The molecule has 0 radical (unpaired) electrons. The van der Waals surface area contributed by atoms with E-state index in [4.69, 9.17) is 4.74 Å². The molecule has 1 fully saturated rings. The Hall–Kier alpha value is -1.67. The molecule has 2 rings (SSSR count). The van der Waals surface area contributed by atoms with Crippen molar-refractivity contribution in [2.24, 2.45) is 0 Å². The van der Waals surface area contributed by atoms with Crippen molar-refractivity contribution in [2.45, 2.75) is 57.8 Å². The standard InChI is InChI=1S/C14H21N3O4S/c1-14(2,3)21-13(18)16-10-6-9(7-10)15-8-11-4-5-12(22-11)17(19)20/h4-5,9-10,15H,6-8H2,1-3H3,(H,16,18). The lowest BCUT2D eigenvalue weighted by Gasteiger charge is -2.36. The van der Waals surface area contributed by atoms with E-state index in [2.05, 4.69) is 10.6 Å². The van der Waals surface area contributed by atoms with Crippen LogP contribution in [-0.4, -0.2) is 28.7 Å². The van der Waals surface area contributed by atoms with E-state index in [0.717, 1.165) is 17.7 Å². The van der Waals surface area contributed by atoms with Gasteiger partial charge in [0.05, 0.1) is 4.92 Å². The van der Waals surface area contributed by atoms with Crippen LogP contribution >= 0.6 is 11.3 Å². The summed E-state index contributed by atoms with van der Waals surface area (Å²) >= 11 is 1.18. The van der Waals surface area contributed by atoms with Crippen molar-refractivity contribution in [1.82, 2.24) is 10.6 Å². The summed E-state index contributed by atoms with van der Waals surface area (Å²) in [4.78, 5) is 22.8. The lowest BCUT2D eigenvalue weighted by atomic mass is 9.87. The zero-order valence-corrected chi connectivity index (χ0v) is 13.7. The lowest BCUT2D eigenvalue weighted by molar-refractivity contribution is -0.380. The van der Waals surface area contributed by atoms with Gasteiger partial charge in [-0.05, 0) is 39.7 Å². The number of nitro groups is 1. The molecule has 0 bridgehead atoms. The van der Waals surface area contributed by atoms with Crippen LogP contribution in [0.15, 0.2) is 12.1 Å². The molecule has 0 aromatic carbocycles. The van der Waals surface area contributed by atoms with Gasteiger partial charge in [-0.1, -0.05) is 11.3 Å². The van der Waals surface area contributed by atoms with Crippen molar-refractivity contribution in [3.05, 3.63) is 27.1 Å². The van der Waals surface area contributed by atoms with Crippen LogP contribution in [0, 0.1) is 10.1 Å². The monoisotopic (exact) mass is 327 g/mol. The smallest absolute Gasteiger partial charge is 0.407 e. The van der Waals surface area contributed by atoms with E-state index in [1.807, 2.05) is 20.8 Å². The Balaban J connectivity index is 1.65. The highest BCUT2D eigenvalue weighted by molar-refractivity contribution is 7.15. The Morgan fingerprint density at radius 3 is 2.64 bits per heavy atom. The molecule has 1 aromatic rings. The average Bonchev–Trinajstić information content (AvgIpc) is 2.78. The first kappa shape index (κ1) is 16.7. The maximum atomic E-state index is 11.6. The van der Waals surface area contributed by atoms with Crippen LogP contribution in [0.1, 0.15) is 38.5 Å². The van der Waals surface area contributed by atoms with Crippen molar-refractivity contribution in [3.8, 4) is 0 Å². The van der Waals surface area contributed by atoms with Gasteiger partial charge in [-0.15, -0.1) is 0 Å². The van der Waals surface area contributed by atoms with Crippen molar-refractivity contribution in [1.29, 1.82) is 0 Å². The largest absolute Gasteiger partial charge is 0.444 e. The van der Waals surface area contributed by atoms with Crippen molar-refractivity contribution >= 4 is 22.4 Å². The van der Waals surface area contributed by atoms with Crippen LogP contribution in [0.3, 0.4) is 0 Å². The second-order valence-electron chi connectivity index (χ2n) is 6.39. The highest BCUT2D eigenvalue weighted by atomic mass is 32.1. The molecule has 22 heavy (non-hydrogen) atoms. The third-order valence-electron chi connectivity index (χ3n) is 3.25. The molecule has 122 valence electrons. The first-order valence-corrected chi connectivity index (χ1v) is 8.00. The van der Waals surface area contributed by atoms with Crippen LogP contribution in [0.5, 0.6) is 0 Å². The molecule has 1 aliphatic carbocycles. The molecule has 2 N–H and O–H groups in total. The van der Waals surface area contributed by atoms with Crippen LogP contribution < -0.4 is 10.6 Å². The Kier molecular flexibility index (Phi) is 5.02. The quantitative estimate of drug-likeness (QED) is 0.640. The Morgan fingerprint density at radius 1 is 1.41 bits per heavy atom. The first-order chi connectivity index (χ1) is 10.2. The molecule has 1 aliphatic rings. The number of hydrogen-bond donors (Lipinski definition) is 2. The molecule has 7 nitrogen and oxygen atoms in total. The number of nitrogens with zero attached hydrogens (tertiary/aromatic N) is 1. The fourth-order valence-electron chi connectivity index (χ4n) is 2.18. The van der Waals surface area contributed by atoms with E-state index in [1.165, 1.54) is 17.4 Å². The van der Waals surface area contributed by atoms with E-state index in [1.54, 1.807) is 6.07 Å². The summed E-state index contributed by atoms with van der Waals surface area (Å²) in [6.45, 7) is 6.11. The number of carbonyl (C=O) groups is 1. The second kappa shape index (κ2) is 6.62. The molecule has 0 saturated heterocycles. The zero-order valence-electron chi connectivity index (χ0n) is 12.9. The highest BCUT2D eigenvalue weighted by Crippen LogP contribution is 2.25. The lowest BCUT2D eigenvalue weighted by Crippen LogP contribution is -2.52. The van der Waals surface area contributed by atoms with Gasteiger partial charge in [0.2, 0.25) is 0 Å². The van der Waals surface area contributed by atoms with E-state index in [0.29, 0.717) is 12.6 Å². The van der Waals surface area contributed by atoms with Gasteiger partial charge in [0.15, 0.2) is 0 Å². The normalized spacial score (nSPS) is 21.0. The predicted octanol–water partition coefficient (Wildman–Crippen LogP) is 2.80. The summed E-state index contributed by atoms with van der Waals surface area (Å²) in [5.41, 5.74) is -0.487. The molecule has 8 heteroatoms. The summed E-state index contributed by atoms with van der Waals surface area (Å²) in [5.74, 6) is 0. The van der Waals surface area contributed by atoms with Crippen molar-refractivity contribution in [3.63, 3.8) is 0 Å². The number of thiophene rings is 1. The van der Waals surface area contributed by atoms with E-state index < -0.39 is 5.60 Å². The van der Waals surface area contributed by atoms with Gasteiger partial charge >= 0.3 is 11.1 Å². The molecule has 0 spiro atoms. The Morgan fingerprint density at radius 2 is 2.09 bits per heavy atom. The fourth-order valence-corrected chi connectivity index (χ4v) is 2.95. The minimum absolute atomic E-state index is 0.130. The molecule has 0 unspecified atom stereocenters. The maximum absolute atomic E-state index is 11.6. The van der Waals surface area contributed by atoms with Crippen molar-refractivity contribution < 1.29 is 14.5 Å². The van der Waals surface area contributed by atoms with Crippen molar-refractivity contribution in [2.75, 3.05) is 0 Å². The molecule has 1 amide bonds. The number of alkyl carbamates (subject to hydrolysis) is 1. The number of nitrogens with one attached hydrogen (secondary N) is 2. The number of hydrogen-bond acceptors (Lipinski definition) is 6. The summed E-state index contributed by atoms with van der Waals surface area (Å²) < 4.78 is 5.20. The third-order valence-corrected chi connectivity index (χ3v) is 4.29. The minimum Gasteiger partial charge on any atom is -0.444 e. The van der Waals surface area contributed by atoms with Gasteiger partial charge in [-0.25, -0.2) is 4.79 Å². The fraction of sp³-hybridized carbons (Fsp3) is 0.643. The van der Waals surface area contributed by atoms with E-state index >= 15 is 0 Å². The SMILES string of the molecule is CC(C)(C)OC(=O)NC1CC(NCc2ccc([N+](=O)[O-])s2)C1. The second-order valence-corrected chi connectivity index (χ2v) is 7.54. The van der Waals surface area contributed by atoms with Gasteiger partial charge in [0, 0.05) is 29.6 Å². The molecule has 1 heterocycles. The predicted molar refractivity (Wildman–Crippen MR) is 84.0 cm³/mol. The van der Waals surface area contributed by atoms with Crippen LogP contribution in [0.2, 0.25) is 0 Å². The minimum atomic E-state index is -0.487. The highest BCUT2D eigenvalue weighted by Gasteiger charge is 2.31. The molecular formula is C14H21N3O4S. The number of rotatable bonds is 5. The summed E-state index contributed by atoms with van der Waals surface area (Å²) in [6.07, 6.45) is 1.30. The number of ether oxygens (including phenoxy) is 1. The van der Waals surface area contributed by atoms with Gasteiger partial charge < -0.3 is 15.4 Å². The summed E-state index contributed by atoms with van der Waals surface area (Å²) in [6, 6.07) is 3.74.